The normalized spacial score (nSPS) is 19.3. The summed E-state index contributed by atoms with van der Waals surface area (Å²) in [5, 5.41) is 1.34. The van der Waals surface area contributed by atoms with Gasteiger partial charge >= 0.3 is 0 Å². The second kappa shape index (κ2) is 8.95. The molecule has 2 aromatic carbocycles. The first-order valence-corrected chi connectivity index (χ1v) is 11.0. The number of hydrogen-bond donors (Lipinski definition) is 0. The van der Waals surface area contributed by atoms with Gasteiger partial charge < -0.3 is 9.64 Å². The Balaban J connectivity index is 1.48. The average Bonchev–Trinajstić information content (AvgIpc) is 3.45. The molecule has 1 saturated carbocycles. The SMILES string of the molecule is CN(C(=O)C1CCCN1Cc1cc(Cl)ccc1Cl)c1ccccc1OCC1CC1. The lowest BCUT2D eigenvalue weighted by atomic mass is 10.1. The van der Waals surface area contributed by atoms with E-state index in [1.807, 2.05) is 43.4 Å². The zero-order valence-electron chi connectivity index (χ0n) is 16.6. The molecule has 0 aromatic heterocycles. The quantitative estimate of drug-likeness (QED) is 0.586. The molecule has 1 unspecified atom stereocenters. The Morgan fingerprint density at radius 2 is 1.97 bits per heavy atom. The molecule has 2 fully saturated rings. The van der Waals surface area contributed by atoms with E-state index in [9.17, 15) is 4.79 Å². The van der Waals surface area contributed by atoms with Crippen LogP contribution in [0.2, 0.25) is 10.0 Å². The number of hydrogen-bond acceptors (Lipinski definition) is 3. The van der Waals surface area contributed by atoms with Gasteiger partial charge in [0.25, 0.3) is 0 Å². The van der Waals surface area contributed by atoms with Crippen molar-refractivity contribution in [2.75, 3.05) is 25.1 Å². The number of carbonyl (C=O) groups is 1. The molecule has 1 saturated heterocycles. The second-order valence-electron chi connectivity index (χ2n) is 7.98. The molecule has 1 aliphatic heterocycles. The molecule has 2 aliphatic rings. The van der Waals surface area contributed by atoms with E-state index in [1.165, 1.54) is 12.8 Å². The van der Waals surface area contributed by atoms with Crippen molar-refractivity contribution in [2.24, 2.45) is 5.92 Å². The van der Waals surface area contributed by atoms with E-state index < -0.39 is 0 Å². The fourth-order valence-electron chi connectivity index (χ4n) is 3.87. The van der Waals surface area contributed by atoms with Gasteiger partial charge in [-0.25, -0.2) is 0 Å². The summed E-state index contributed by atoms with van der Waals surface area (Å²) in [5.74, 6) is 1.53. The fourth-order valence-corrected chi connectivity index (χ4v) is 4.24. The molecule has 0 radical (unpaired) electrons. The molecular weight excluding hydrogens is 407 g/mol. The highest BCUT2D eigenvalue weighted by Crippen LogP contribution is 2.34. The first kappa shape index (κ1) is 20.5. The van der Waals surface area contributed by atoms with Gasteiger partial charge in [0.2, 0.25) is 5.91 Å². The van der Waals surface area contributed by atoms with Gasteiger partial charge in [0.1, 0.15) is 5.75 Å². The Labute approximate surface area is 182 Å². The second-order valence-corrected chi connectivity index (χ2v) is 8.83. The number of likely N-dealkylation sites (tertiary alicyclic amines) is 1. The van der Waals surface area contributed by atoms with Gasteiger partial charge in [-0.2, -0.15) is 0 Å². The van der Waals surface area contributed by atoms with Gasteiger partial charge in [0.15, 0.2) is 0 Å². The first-order valence-electron chi connectivity index (χ1n) is 10.2. The van der Waals surface area contributed by atoms with Crippen molar-refractivity contribution in [1.82, 2.24) is 4.90 Å². The Bertz CT molecular complexity index is 885. The number of benzene rings is 2. The lowest BCUT2D eigenvalue weighted by Gasteiger charge is -2.29. The predicted molar refractivity (Wildman–Crippen MR) is 118 cm³/mol. The van der Waals surface area contributed by atoms with Crippen molar-refractivity contribution in [1.29, 1.82) is 0 Å². The zero-order chi connectivity index (χ0) is 20.4. The lowest BCUT2D eigenvalue weighted by Crippen LogP contribution is -2.44. The molecule has 2 aromatic rings. The van der Waals surface area contributed by atoms with Crippen molar-refractivity contribution in [3.63, 3.8) is 0 Å². The predicted octanol–water partition coefficient (Wildman–Crippen LogP) is 5.41. The van der Waals surface area contributed by atoms with Crippen molar-refractivity contribution in [3.05, 3.63) is 58.1 Å². The summed E-state index contributed by atoms with van der Waals surface area (Å²) >= 11 is 12.5. The van der Waals surface area contributed by atoms with Crippen LogP contribution >= 0.6 is 23.2 Å². The van der Waals surface area contributed by atoms with Crippen LogP contribution in [0.1, 0.15) is 31.2 Å². The van der Waals surface area contributed by atoms with Gasteiger partial charge in [0.05, 0.1) is 18.3 Å². The van der Waals surface area contributed by atoms with Gasteiger partial charge in [-0.3, -0.25) is 9.69 Å². The molecule has 1 heterocycles. The summed E-state index contributed by atoms with van der Waals surface area (Å²) in [6, 6.07) is 13.1. The Hall–Kier alpha value is -1.75. The highest BCUT2D eigenvalue weighted by Gasteiger charge is 2.34. The Morgan fingerprint density at radius 3 is 2.76 bits per heavy atom. The summed E-state index contributed by atoms with van der Waals surface area (Å²) in [6.07, 6.45) is 4.30. The van der Waals surface area contributed by atoms with E-state index in [4.69, 9.17) is 27.9 Å². The Kier molecular flexibility index (Phi) is 6.33. The van der Waals surface area contributed by atoms with Crippen LogP contribution in [0.4, 0.5) is 5.69 Å². The van der Waals surface area contributed by atoms with Gasteiger partial charge in [-0.1, -0.05) is 35.3 Å². The fraction of sp³-hybridized carbons (Fsp3) is 0.435. The lowest BCUT2D eigenvalue weighted by molar-refractivity contribution is -0.122. The molecule has 0 spiro atoms. The first-order chi connectivity index (χ1) is 14.0. The van der Waals surface area contributed by atoms with Crippen LogP contribution in [0, 0.1) is 5.92 Å². The molecule has 1 aliphatic carbocycles. The molecule has 4 rings (SSSR count). The van der Waals surface area contributed by atoms with E-state index in [2.05, 4.69) is 4.90 Å². The highest BCUT2D eigenvalue weighted by molar-refractivity contribution is 6.33. The summed E-state index contributed by atoms with van der Waals surface area (Å²) in [5.41, 5.74) is 1.78. The molecule has 1 amide bonds. The van der Waals surface area contributed by atoms with E-state index >= 15 is 0 Å². The molecule has 4 nitrogen and oxygen atoms in total. The maximum atomic E-state index is 13.4. The van der Waals surface area contributed by atoms with Crippen molar-refractivity contribution >= 4 is 34.8 Å². The average molecular weight is 433 g/mol. The third kappa shape index (κ3) is 4.88. The third-order valence-corrected chi connectivity index (χ3v) is 6.36. The topological polar surface area (TPSA) is 32.8 Å². The molecule has 29 heavy (non-hydrogen) atoms. The summed E-state index contributed by atoms with van der Waals surface area (Å²) in [4.78, 5) is 17.3. The molecule has 1 atom stereocenters. The molecule has 154 valence electrons. The number of carbonyl (C=O) groups excluding carboxylic acids is 1. The van der Waals surface area contributed by atoms with Gasteiger partial charge in [-0.05, 0) is 74.0 Å². The maximum Gasteiger partial charge on any atom is 0.244 e. The number of anilines is 1. The Morgan fingerprint density at radius 1 is 1.17 bits per heavy atom. The van der Waals surface area contributed by atoms with Crippen LogP contribution in [0.25, 0.3) is 0 Å². The monoisotopic (exact) mass is 432 g/mol. The number of para-hydroxylation sites is 2. The highest BCUT2D eigenvalue weighted by atomic mass is 35.5. The standard InChI is InChI=1S/C23H26Cl2N2O2/c1-26(20-5-2-3-7-22(20)29-15-16-8-9-16)23(28)21-6-4-12-27(21)14-17-13-18(24)10-11-19(17)25/h2-3,5,7,10-11,13,16,21H,4,6,8-9,12,14-15H2,1H3. The number of likely N-dealkylation sites (N-methyl/N-ethyl adjacent to an activating group) is 1. The molecule has 0 bridgehead atoms. The van der Waals surface area contributed by atoms with Crippen LogP contribution in [0.3, 0.4) is 0 Å². The minimum absolute atomic E-state index is 0.0862. The number of ether oxygens (including phenoxy) is 1. The van der Waals surface area contributed by atoms with E-state index in [0.29, 0.717) is 22.5 Å². The van der Waals surface area contributed by atoms with Gasteiger partial charge in [0, 0.05) is 23.6 Å². The van der Waals surface area contributed by atoms with Crippen LogP contribution in [0.5, 0.6) is 5.75 Å². The molecule has 6 heteroatoms. The van der Waals surface area contributed by atoms with E-state index in [1.54, 1.807) is 11.0 Å². The minimum Gasteiger partial charge on any atom is -0.491 e. The van der Waals surface area contributed by atoms with Crippen molar-refractivity contribution in [3.8, 4) is 5.75 Å². The maximum absolute atomic E-state index is 13.4. The summed E-state index contributed by atoms with van der Waals surface area (Å²) < 4.78 is 6.01. The van der Waals surface area contributed by atoms with Crippen LogP contribution in [0.15, 0.2) is 42.5 Å². The molecular formula is C23H26Cl2N2O2. The smallest absolute Gasteiger partial charge is 0.244 e. The third-order valence-electron chi connectivity index (χ3n) is 5.76. The molecule has 0 N–H and O–H groups in total. The van der Waals surface area contributed by atoms with E-state index in [-0.39, 0.29) is 11.9 Å². The number of nitrogens with zero attached hydrogens (tertiary/aromatic N) is 2. The van der Waals surface area contributed by atoms with Crippen LogP contribution in [-0.4, -0.2) is 37.0 Å². The zero-order valence-corrected chi connectivity index (χ0v) is 18.1. The van der Waals surface area contributed by atoms with Crippen LogP contribution in [-0.2, 0) is 11.3 Å². The van der Waals surface area contributed by atoms with Crippen LogP contribution < -0.4 is 9.64 Å². The largest absolute Gasteiger partial charge is 0.491 e. The van der Waals surface area contributed by atoms with Crippen molar-refractivity contribution in [2.45, 2.75) is 38.3 Å². The summed E-state index contributed by atoms with van der Waals surface area (Å²) in [6.45, 7) is 2.21. The van der Waals surface area contributed by atoms with E-state index in [0.717, 1.165) is 43.0 Å². The minimum atomic E-state index is -0.175. The number of halogens is 2. The van der Waals surface area contributed by atoms with Crippen molar-refractivity contribution < 1.29 is 9.53 Å². The summed E-state index contributed by atoms with van der Waals surface area (Å²) in [7, 11) is 1.84. The van der Waals surface area contributed by atoms with Gasteiger partial charge in [-0.15, -0.1) is 0 Å². The number of rotatable bonds is 7. The number of amides is 1.